The maximum Gasteiger partial charge on any atom is 0.276 e. The normalized spacial score (nSPS) is 27.1. The van der Waals surface area contributed by atoms with Gasteiger partial charge in [0.1, 0.15) is 0 Å². The van der Waals surface area contributed by atoms with Gasteiger partial charge < -0.3 is 0 Å². The second-order valence-electron chi connectivity index (χ2n) is 4.79. The van der Waals surface area contributed by atoms with E-state index in [2.05, 4.69) is 38.0 Å². The minimum atomic E-state index is -3.56. The van der Waals surface area contributed by atoms with Crippen LogP contribution in [0.25, 0.3) is 0 Å². The first kappa shape index (κ1) is 12.9. The summed E-state index contributed by atoms with van der Waals surface area (Å²) in [6.07, 6.45) is 6.17. The molecule has 4 nitrogen and oxygen atoms in total. The zero-order valence-electron chi connectivity index (χ0n) is 10.1. The molecule has 0 spiro atoms. The van der Waals surface area contributed by atoms with E-state index >= 15 is 0 Å². The van der Waals surface area contributed by atoms with Gasteiger partial charge in [-0.2, -0.15) is 13.5 Å². The van der Waals surface area contributed by atoms with Crippen molar-refractivity contribution in [2.75, 3.05) is 0 Å². The van der Waals surface area contributed by atoms with E-state index in [4.69, 9.17) is 0 Å². The number of fused-ring (bicyclic) bond motifs is 1. The SMILES string of the molecule is O=S(=O)(NN=C1CC2C=CCC12)c1ccc(Br)cc1. The highest BCUT2D eigenvalue weighted by Gasteiger charge is 2.38. The fraction of sp³-hybridized carbons (Fsp3) is 0.308. The van der Waals surface area contributed by atoms with Gasteiger partial charge in [0.15, 0.2) is 0 Å². The zero-order valence-corrected chi connectivity index (χ0v) is 12.5. The van der Waals surface area contributed by atoms with E-state index in [1.807, 2.05) is 0 Å². The highest BCUT2D eigenvalue weighted by molar-refractivity contribution is 9.10. The van der Waals surface area contributed by atoms with Gasteiger partial charge in [-0.15, -0.1) is 0 Å². The molecule has 3 rings (SSSR count). The molecule has 2 unspecified atom stereocenters. The Morgan fingerprint density at radius 3 is 2.68 bits per heavy atom. The average molecular weight is 341 g/mol. The predicted molar refractivity (Wildman–Crippen MR) is 77.3 cm³/mol. The summed E-state index contributed by atoms with van der Waals surface area (Å²) in [5, 5.41) is 4.07. The molecule has 0 aliphatic heterocycles. The molecular formula is C13H13BrN2O2S. The zero-order chi connectivity index (χ0) is 13.5. The second kappa shape index (κ2) is 4.76. The third kappa shape index (κ3) is 2.47. The Kier molecular flexibility index (Phi) is 3.22. The van der Waals surface area contributed by atoms with Gasteiger partial charge in [0, 0.05) is 16.1 Å². The van der Waals surface area contributed by atoms with Crippen molar-refractivity contribution in [2.45, 2.75) is 17.7 Å². The van der Waals surface area contributed by atoms with E-state index in [9.17, 15) is 8.42 Å². The molecule has 1 aromatic rings. The minimum Gasteiger partial charge on any atom is -0.200 e. The smallest absolute Gasteiger partial charge is 0.200 e. The third-order valence-corrected chi connectivity index (χ3v) is 5.35. The lowest BCUT2D eigenvalue weighted by atomic mass is 9.74. The molecule has 0 aromatic heterocycles. The van der Waals surface area contributed by atoms with Crippen molar-refractivity contribution in [1.29, 1.82) is 0 Å². The van der Waals surface area contributed by atoms with E-state index in [1.165, 1.54) is 0 Å². The molecule has 6 heteroatoms. The van der Waals surface area contributed by atoms with Crippen LogP contribution < -0.4 is 4.83 Å². The standard InChI is InChI=1S/C13H13BrN2O2S/c14-10-4-6-11(7-5-10)19(17,18)16-15-13-8-9-2-1-3-12(9)13/h1-2,4-7,9,12,16H,3,8H2. The summed E-state index contributed by atoms with van der Waals surface area (Å²) >= 11 is 3.28. The van der Waals surface area contributed by atoms with Crippen molar-refractivity contribution < 1.29 is 8.42 Å². The van der Waals surface area contributed by atoms with Gasteiger partial charge in [-0.05, 0) is 43.0 Å². The van der Waals surface area contributed by atoms with Crippen LogP contribution in [-0.2, 0) is 10.0 Å². The summed E-state index contributed by atoms with van der Waals surface area (Å²) in [6, 6.07) is 6.49. The maximum absolute atomic E-state index is 12.0. The van der Waals surface area contributed by atoms with Crippen LogP contribution in [0.15, 0.2) is 50.9 Å². The lowest BCUT2D eigenvalue weighted by Gasteiger charge is -2.31. The number of sulfonamides is 1. The maximum atomic E-state index is 12.0. The Morgan fingerprint density at radius 1 is 1.26 bits per heavy atom. The first-order valence-corrected chi connectivity index (χ1v) is 8.34. The molecule has 19 heavy (non-hydrogen) atoms. The molecule has 2 aliphatic rings. The highest BCUT2D eigenvalue weighted by Crippen LogP contribution is 2.40. The van der Waals surface area contributed by atoms with E-state index in [0.717, 1.165) is 23.0 Å². The van der Waals surface area contributed by atoms with Crippen LogP contribution in [-0.4, -0.2) is 14.1 Å². The fourth-order valence-electron chi connectivity index (χ4n) is 2.45. The van der Waals surface area contributed by atoms with Crippen LogP contribution in [0.2, 0.25) is 0 Å². The van der Waals surface area contributed by atoms with Crippen molar-refractivity contribution in [2.24, 2.45) is 16.9 Å². The summed E-state index contributed by atoms with van der Waals surface area (Å²) in [7, 11) is -3.56. The highest BCUT2D eigenvalue weighted by atomic mass is 79.9. The predicted octanol–water partition coefficient (Wildman–Crippen LogP) is 2.68. The van der Waals surface area contributed by atoms with Crippen molar-refractivity contribution in [3.8, 4) is 0 Å². The monoisotopic (exact) mass is 340 g/mol. The fourth-order valence-corrected chi connectivity index (χ4v) is 3.55. The number of hydrazone groups is 1. The summed E-state index contributed by atoms with van der Waals surface area (Å²) < 4.78 is 24.9. The summed E-state index contributed by atoms with van der Waals surface area (Å²) in [5.74, 6) is 0.976. The first-order chi connectivity index (χ1) is 9.06. The van der Waals surface area contributed by atoms with Crippen LogP contribution >= 0.6 is 15.9 Å². The summed E-state index contributed by atoms with van der Waals surface area (Å²) in [4.78, 5) is 2.55. The molecule has 0 bridgehead atoms. The Bertz CT molecular complexity index is 650. The first-order valence-electron chi connectivity index (χ1n) is 6.07. The number of halogens is 1. The van der Waals surface area contributed by atoms with Gasteiger partial charge in [-0.25, -0.2) is 4.83 Å². The van der Waals surface area contributed by atoms with Crippen LogP contribution in [0.4, 0.5) is 0 Å². The third-order valence-electron chi connectivity index (χ3n) is 3.60. The number of allylic oxidation sites excluding steroid dienone is 2. The molecule has 0 saturated heterocycles. The lowest BCUT2D eigenvalue weighted by molar-refractivity contribution is 0.463. The number of benzene rings is 1. The summed E-state index contributed by atoms with van der Waals surface area (Å²) in [6.45, 7) is 0. The van der Waals surface area contributed by atoms with Gasteiger partial charge in [0.2, 0.25) is 0 Å². The van der Waals surface area contributed by atoms with E-state index in [0.29, 0.717) is 11.8 Å². The van der Waals surface area contributed by atoms with Crippen LogP contribution in [0.3, 0.4) is 0 Å². The molecule has 0 amide bonds. The molecule has 1 saturated carbocycles. The van der Waals surface area contributed by atoms with Crippen molar-refractivity contribution in [3.05, 3.63) is 40.9 Å². The van der Waals surface area contributed by atoms with Gasteiger partial charge in [0.05, 0.1) is 4.90 Å². The van der Waals surface area contributed by atoms with Crippen molar-refractivity contribution in [1.82, 2.24) is 4.83 Å². The largest absolute Gasteiger partial charge is 0.276 e. The molecule has 2 atom stereocenters. The van der Waals surface area contributed by atoms with Crippen molar-refractivity contribution >= 4 is 31.7 Å². The van der Waals surface area contributed by atoms with E-state index < -0.39 is 10.0 Å². The van der Waals surface area contributed by atoms with Gasteiger partial charge >= 0.3 is 0 Å². The quantitative estimate of drug-likeness (QED) is 0.679. The molecule has 0 heterocycles. The Morgan fingerprint density at radius 2 is 2.00 bits per heavy atom. The number of nitrogens with zero attached hydrogens (tertiary/aromatic N) is 1. The molecule has 100 valence electrons. The molecule has 1 fully saturated rings. The molecule has 0 radical (unpaired) electrons. The van der Waals surface area contributed by atoms with Gasteiger partial charge in [-0.1, -0.05) is 28.1 Å². The molecule has 1 aromatic carbocycles. The lowest BCUT2D eigenvalue weighted by Crippen LogP contribution is -2.35. The van der Waals surface area contributed by atoms with Crippen molar-refractivity contribution in [3.63, 3.8) is 0 Å². The molecule has 2 aliphatic carbocycles. The average Bonchev–Trinajstić information content (AvgIpc) is 2.72. The summed E-state index contributed by atoms with van der Waals surface area (Å²) in [5.41, 5.74) is 0.954. The minimum absolute atomic E-state index is 0.223. The molecular weight excluding hydrogens is 328 g/mol. The second-order valence-corrected chi connectivity index (χ2v) is 7.37. The van der Waals surface area contributed by atoms with E-state index in [1.54, 1.807) is 24.3 Å². The number of nitrogens with one attached hydrogen (secondary N) is 1. The number of rotatable bonds is 3. The topological polar surface area (TPSA) is 58.5 Å². The van der Waals surface area contributed by atoms with Crippen LogP contribution in [0.1, 0.15) is 12.8 Å². The Hall–Kier alpha value is -1.14. The van der Waals surface area contributed by atoms with Gasteiger partial charge in [-0.3, -0.25) is 0 Å². The number of hydrogen-bond acceptors (Lipinski definition) is 3. The molecule has 1 N–H and O–H groups in total. The van der Waals surface area contributed by atoms with Gasteiger partial charge in [0.25, 0.3) is 10.0 Å². The Balaban J connectivity index is 1.72. The number of hydrogen-bond donors (Lipinski definition) is 1. The van der Waals surface area contributed by atoms with Crippen LogP contribution in [0.5, 0.6) is 0 Å². The Labute approximate surface area is 120 Å². The van der Waals surface area contributed by atoms with Crippen LogP contribution in [0, 0.1) is 11.8 Å². The van der Waals surface area contributed by atoms with E-state index in [-0.39, 0.29) is 4.90 Å².